The van der Waals surface area contributed by atoms with Crippen molar-refractivity contribution in [1.29, 1.82) is 0 Å². The van der Waals surface area contributed by atoms with Gasteiger partial charge in [0.25, 0.3) is 0 Å². The molecule has 0 radical (unpaired) electrons. The van der Waals surface area contributed by atoms with E-state index in [1.165, 1.54) is 0 Å². The minimum atomic E-state index is 0.204. The molecule has 0 saturated heterocycles. The molecule has 0 saturated carbocycles. The van der Waals surface area contributed by atoms with Crippen molar-refractivity contribution in [3.8, 4) is 11.5 Å². The Morgan fingerprint density at radius 2 is 2.12 bits per heavy atom. The monoisotopic (exact) mass is 238 g/mol. The van der Waals surface area contributed by atoms with E-state index in [0.29, 0.717) is 17.1 Å². The number of nitrogen functional groups attached to an aromatic ring is 1. The zero-order chi connectivity index (χ0) is 11.7. The largest absolute Gasteiger partial charge is 0.460 e. The van der Waals surface area contributed by atoms with E-state index in [0.717, 1.165) is 5.76 Å². The van der Waals surface area contributed by atoms with Crippen LogP contribution in [-0.2, 0) is 6.54 Å². The Morgan fingerprint density at radius 3 is 2.69 bits per heavy atom. The van der Waals surface area contributed by atoms with E-state index >= 15 is 0 Å². The maximum Gasteiger partial charge on any atom is 0.159 e. The van der Waals surface area contributed by atoms with Gasteiger partial charge in [-0.3, -0.25) is 0 Å². The molecule has 84 valence electrons. The molecule has 2 aromatic heterocycles. The lowest BCUT2D eigenvalue weighted by Crippen LogP contribution is -2.07. The summed E-state index contributed by atoms with van der Waals surface area (Å²) in [7, 11) is 0. The molecule has 4 N–H and O–H groups in total. The summed E-state index contributed by atoms with van der Waals surface area (Å²) >= 11 is 5.98. The van der Waals surface area contributed by atoms with Gasteiger partial charge in [0.2, 0.25) is 0 Å². The smallest absolute Gasteiger partial charge is 0.159 e. The zero-order valence-electron chi connectivity index (χ0n) is 8.70. The van der Waals surface area contributed by atoms with Gasteiger partial charge in [-0.05, 0) is 19.1 Å². The molecule has 2 heterocycles. The van der Waals surface area contributed by atoms with Crippen LogP contribution in [0.15, 0.2) is 16.5 Å². The van der Waals surface area contributed by atoms with Gasteiger partial charge in [-0.1, -0.05) is 11.6 Å². The molecule has 0 spiro atoms. The maximum absolute atomic E-state index is 5.98. The van der Waals surface area contributed by atoms with Crippen LogP contribution < -0.4 is 11.5 Å². The predicted octanol–water partition coefficient (Wildman–Crippen LogP) is 1.74. The van der Waals surface area contributed by atoms with E-state index in [1.807, 2.05) is 13.0 Å². The van der Waals surface area contributed by atoms with Gasteiger partial charge in [-0.2, -0.15) is 0 Å². The third-order valence-corrected chi connectivity index (χ3v) is 2.39. The van der Waals surface area contributed by atoms with Crippen LogP contribution in [0.5, 0.6) is 0 Å². The first kappa shape index (κ1) is 10.9. The van der Waals surface area contributed by atoms with Crippen molar-refractivity contribution in [3.63, 3.8) is 0 Å². The number of hydrogen-bond donors (Lipinski definition) is 2. The number of halogens is 1. The number of aryl methyl sites for hydroxylation is 1. The van der Waals surface area contributed by atoms with Gasteiger partial charge >= 0.3 is 0 Å². The molecule has 0 aliphatic carbocycles. The fraction of sp³-hybridized carbons (Fsp3) is 0.200. The highest BCUT2D eigenvalue weighted by atomic mass is 35.5. The third kappa shape index (κ3) is 1.87. The van der Waals surface area contributed by atoms with E-state index in [1.54, 1.807) is 6.07 Å². The topological polar surface area (TPSA) is 91.0 Å². The quantitative estimate of drug-likeness (QED) is 0.832. The Labute approximate surface area is 97.4 Å². The second-order valence-electron chi connectivity index (χ2n) is 3.31. The molecule has 5 nitrogen and oxygen atoms in total. The molecular formula is C10H11ClN4O. The van der Waals surface area contributed by atoms with Crippen molar-refractivity contribution in [1.82, 2.24) is 9.97 Å². The normalized spacial score (nSPS) is 10.7. The summed E-state index contributed by atoms with van der Waals surface area (Å²) in [6, 6.07) is 3.59. The van der Waals surface area contributed by atoms with Gasteiger partial charge in [-0.15, -0.1) is 0 Å². The first-order valence-electron chi connectivity index (χ1n) is 4.70. The lowest BCUT2D eigenvalue weighted by molar-refractivity contribution is 0.546. The Morgan fingerprint density at radius 1 is 1.38 bits per heavy atom. The number of nitrogens with two attached hydrogens (primary N) is 2. The Kier molecular flexibility index (Phi) is 2.80. The van der Waals surface area contributed by atoms with Crippen LogP contribution in [0.25, 0.3) is 11.5 Å². The molecule has 2 aromatic rings. The molecule has 2 rings (SSSR count). The highest BCUT2D eigenvalue weighted by Gasteiger charge is 2.13. The highest BCUT2D eigenvalue weighted by molar-refractivity contribution is 6.31. The van der Waals surface area contributed by atoms with Crippen LogP contribution in [0.2, 0.25) is 5.15 Å². The summed E-state index contributed by atoms with van der Waals surface area (Å²) in [6.45, 7) is 2.04. The molecule has 0 amide bonds. The summed E-state index contributed by atoms with van der Waals surface area (Å²) in [6.07, 6.45) is 0. The molecular weight excluding hydrogens is 228 g/mol. The first-order chi connectivity index (χ1) is 7.61. The van der Waals surface area contributed by atoms with Crippen molar-refractivity contribution in [2.45, 2.75) is 13.5 Å². The second-order valence-corrected chi connectivity index (χ2v) is 3.67. The molecule has 0 atom stereocenters. The van der Waals surface area contributed by atoms with Crippen LogP contribution in [-0.4, -0.2) is 9.97 Å². The van der Waals surface area contributed by atoms with E-state index in [4.69, 9.17) is 27.5 Å². The van der Waals surface area contributed by atoms with Crippen LogP contribution in [0.4, 0.5) is 5.82 Å². The fourth-order valence-corrected chi connectivity index (χ4v) is 1.57. The summed E-state index contributed by atoms with van der Waals surface area (Å²) in [5.74, 6) is 1.59. The lowest BCUT2D eigenvalue weighted by atomic mass is 10.3. The minimum absolute atomic E-state index is 0.204. The van der Waals surface area contributed by atoms with Gasteiger partial charge in [0.15, 0.2) is 10.9 Å². The van der Waals surface area contributed by atoms with E-state index in [-0.39, 0.29) is 17.5 Å². The standard InChI is InChI=1S/C10H11ClN4O/c1-5-2-3-7(16-5)8-9(11)14-6(4-12)10(13)15-8/h2-3H,4,12H2,1H3,(H2,13,15). The van der Waals surface area contributed by atoms with Gasteiger partial charge in [0.1, 0.15) is 17.3 Å². The molecule has 0 aliphatic heterocycles. The highest BCUT2D eigenvalue weighted by Crippen LogP contribution is 2.27. The van der Waals surface area contributed by atoms with Gasteiger partial charge in [0.05, 0.1) is 5.69 Å². The summed E-state index contributed by atoms with van der Waals surface area (Å²) in [4.78, 5) is 8.21. The number of nitrogens with zero attached hydrogens (tertiary/aromatic N) is 2. The molecule has 0 aromatic carbocycles. The first-order valence-corrected chi connectivity index (χ1v) is 5.08. The molecule has 0 fully saturated rings. The van der Waals surface area contributed by atoms with Crippen molar-refractivity contribution in [2.24, 2.45) is 5.73 Å². The Balaban J connectivity index is 2.54. The molecule has 0 bridgehead atoms. The molecule has 6 heteroatoms. The summed E-state index contributed by atoms with van der Waals surface area (Å²) in [5.41, 5.74) is 12.1. The van der Waals surface area contributed by atoms with Crippen LogP contribution >= 0.6 is 11.6 Å². The number of rotatable bonds is 2. The number of aromatic nitrogens is 2. The van der Waals surface area contributed by atoms with Gasteiger partial charge in [0, 0.05) is 6.54 Å². The van der Waals surface area contributed by atoms with Crippen molar-refractivity contribution >= 4 is 17.4 Å². The van der Waals surface area contributed by atoms with E-state index in [9.17, 15) is 0 Å². The molecule has 0 unspecified atom stereocenters. The Bertz CT molecular complexity index is 524. The van der Waals surface area contributed by atoms with E-state index < -0.39 is 0 Å². The molecule has 16 heavy (non-hydrogen) atoms. The van der Waals surface area contributed by atoms with Gasteiger partial charge in [-0.25, -0.2) is 9.97 Å². The zero-order valence-corrected chi connectivity index (χ0v) is 9.45. The van der Waals surface area contributed by atoms with Crippen LogP contribution in [0.1, 0.15) is 11.5 Å². The SMILES string of the molecule is Cc1ccc(-c2nc(N)c(CN)nc2Cl)o1. The predicted molar refractivity (Wildman–Crippen MR) is 61.8 cm³/mol. The average Bonchev–Trinajstić information content (AvgIpc) is 2.67. The summed E-state index contributed by atoms with van der Waals surface area (Å²) in [5, 5.41) is 0.240. The van der Waals surface area contributed by atoms with Crippen molar-refractivity contribution in [2.75, 3.05) is 5.73 Å². The lowest BCUT2D eigenvalue weighted by Gasteiger charge is -2.05. The van der Waals surface area contributed by atoms with E-state index in [2.05, 4.69) is 9.97 Å². The van der Waals surface area contributed by atoms with Crippen LogP contribution in [0.3, 0.4) is 0 Å². The number of hydrogen-bond acceptors (Lipinski definition) is 5. The van der Waals surface area contributed by atoms with Crippen molar-refractivity contribution < 1.29 is 4.42 Å². The average molecular weight is 239 g/mol. The van der Waals surface area contributed by atoms with Gasteiger partial charge < -0.3 is 15.9 Å². The number of anilines is 1. The fourth-order valence-electron chi connectivity index (χ4n) is 1.33. The minimum Gasteiger partial charge on any atom is -0.460 e. The number of furan rings is 1. The second kappa shape index (κ2) is 4.11. The summed E-state index contributed by atoms with van der Waals surface area (Å²) < 4.78 is 5.41. The Hall–Kier alpha value is -1.59. The van der Waals surface area contributed by atoms with Crippen LogP contribution in [0, 0.1) is 6.92 Å². The maximum atomic E-state index is 5.98. The van der Waals surface area contributed by atoms with Crippen molar-refractivity contribution in [3.05, 3.63) is 28.7 Å². The molecule has 0 aliphatic rings. The third-order valence-electron chi connectivity index (χ3n) is 2.12.